The van der Waals surface area contributed by atoms with Crippen LogP contribution in [0.3, 0.4) is 0 Å². The van der Waals surface area contributed by atoms with Gasteiger partial charge in [-0.3, -0.25) is 4.79 Å². The molecule has 110 valence electrons. The van der Waals surface area contributed by atoms with Gasteiger partial charge in [-0.2, -0.15) is 0 Å². The first-order valence-electron chi connectivity index (χ1n) is 7.42. The summed E-state index contributed by atoms with van der Waals surface area (Å²) >= 11 is 0. The molecule has 3 aromatic rings. The number of hydrogen-bond acceptors (Lipinski definition) is 2. The van der Waals surface area contributed by atoms with Gasteiger partial charge in [0.1, 0.15) is 6.61 Å². The number of hydrogen-bond donors (Lipinski definition) is 0. The molecule has 2 nitrogen and oxygen atoms in total. The molecule has 0 atom stereocenters. The highest BCUT2D eigenvalue weighted by atomic mass is 16.5. The predicted octanol–water partition coefficient (Wildman–Crippen LogP) is 4.17. The molecule has 0 radical (unpaired) electrons. The fraction of sp³-hybridized carbons (Fsp3) is 0.150. The lowest BCUT2D eigenvalue weighted by Crippen LogP contribution is -2.11. The third-order valence-corrected chi connectivity index (χ3v) is 3.59. The van der Waals surface area contributed by atoms with Crippen molar-refractivity contribution in [3.05, 3.63) is 83.9 Å². The molecule has 0 aromatic heterocycles. The minimum absolute atomic E-state index is 0.103. The van der Waals surface area contributed by atoms with Crippen molar-refractivity contribution in [2.45, 2.75) is 13.0 Å². The molecule has 22 heavy (non-hydrogen) atoms. The Hall–Kier alpha value is -2.45. The van der Waals surface area contributed by atoms with Crippen molar-refractivity contribution in [3.8, 4) is 0 Å². The lowest BCUT2D eigenvalue weighted by molar-refractivity contribution is -0.123. The summed E-state index contributed by atoms with van der Waals surface area (Å²) in [6, 6.07) is 24.2. The van der Waals surface area contributed by atoms with Gasteiger partial charge >= 0.3 is 0 Å². The predicted molar refractivity (Wildman–Crippen MR) is 88.8 cm³/mol. The summed E-state index contributed by atoms with van der Waals surface area (Å²) < 4.78 is 5.49. The Kier molecular flexibility index (Phi) is 4.62. The van der Waals surface area contributed by atoms with Crippen molar-refractivity contribution in [2.75, 3.05) is 6.61 Å². The fourth-order valence-corrected chi connectivity index (χ4v) is 2.48. The third-order valence-electron chi connectivity index (χ3n) is 3.59. The first-order chi connectivity index (χ1) is 10.8. The summed E-state index contributed by atoms with van der Waals surface area (Å²) in [6.45, 7) is 0.631. The van der Waals surface area contributed by atoms with Crippen LogP contribution < -0.4 is 0 Å². The Bertz CT molecular complexity index is 763. The summed E-state index contributed by atoms with van der Waals surface area (Å²) in [5.41, 5.74) is 2.12. The van der Waals surface area contributed by atoms with E-state index in [0.29, 0.717) is 13.0 Å². The average Bonchev–Trinajstić information content (AvgIpc) is 2.56. The zero-order chi connectivity index (χ0) is 15.2. The number of ketones is 1. The van der Waals surface area contributed by atoms with Gasteiger partial charge < -0.3 is 4.74 Å². The number of benzene rings is 3. The molecule has 0 saturated carbocycles. The van der Waals surface area contributed by atoms with Gasteiger partial charge in [-0.15, -0.1) is 0 Å². The topological polar surface area (TPSA) is 26.3 Å². The van der Waals surface area contributed by atoms with Gasteiger partial charge in [0, 0.05) is 6.42 Å². The van der Waals surface area contributed by atoms with Crippen LogP contribution in [0.4, 0.5) is 0 Å². The highest BCUT2D eigenvalue weighted by molar-refractivity contribution is 5.86. The van der Waals surface area contributed by atoms with E-state index in [2.05, 4.69) is 24.3 Å². The Morgan fingerprint density at radius 2 is 1.50 bits per heavy atom. The van der Waals surface area contributed by atoms with Crippen molar-refractivity contribution in [1.29, 1.82) is 0 Å². The number of carbonyl (C=O) groups is 1. The number of rotatable bonds is 6. The zero-order valence-electron chi connectivity index (χ0n) is 12.4. The average molecular weight is 290 g/mol. The normalized spacial score (nSPS) is 10.7. The van der Waals surface area contributed by atoms with Crippen LogP contribution in [0.1, 0.15) is 11.1 Å². The molecule has 3 rings (SSSR count). The van der Waals surface area contributed by atoms with E-state index in [1.165, 1.54) is 5.39 Å². The minimum Gasteiger partial charge on any atom is -0.369 e. The summed E-state index contributed by atoms with van der Waals surface area (Å²) in [5, 5.41) is 2.36. The van der Waals surface area contributed by atoms with Gasteiger partial charge in [-0.25, -0.2) is 0 Å². The fourth-order valence-electron chi connectivity index (χ4n) is 2.48. The van der Waals surface area contributed by atoms with Gasteiger partial charge in [-0.05, 0) is 21.9 Å². The van der Waals surface area contributed by atoms with Crippen LogP contribution in [0.25, 0.3) is 10.8 Å². The monoisotopic (exact) mass is 290 g/mol. The molecule has 0 saturated heterocycles. The van der Waals surface area contributed by atoms with E-state index < -0.39 is 0 Å². The smallest absolute Gasteiger partial charge is 0.162 e. The van der Waals surface area contributed by atoms with Crippen LogP contribution in [0.5, 0.6) is 0 Å². The first-order valence-corrected chi connectivity index (χ1v) is 7.42. The molecular formula is C20H18O2. The van der Waals surface area contributed by atoms with E-state index in [1.807, 2.05) is 48.5 Å². The molecule has 0 aliphatic rings. The van der Waals surface area contributed by atoms with Gasteiger partial charge in [0.15, 0.2) is 5.78 Å². The van der Waals surface area contributed by atoms with E-state index >= 15 is 0 Å². The van der Waals surface area contributed by atoms with Crippen molar-refractivity contribution in [3.63, 3.8) is 0 Å². The molecular weight excluding hydrogens is 272 g/mol. The van der Waals surface area contributed by atoms with Crippen LogP contribution in [-0.4, -0.2) is 12.4 Å². The van der Waals surface area contributed by atoms with E-state index in [9.17, 15) is 4.79 Å². The van der Waals surface area contributed by atoms with E-state index in [-0.39, 0.29) is 12.4 Å². The maximum atomic E-state index is 12.0. The molecule has 0 aliphatic carbocycles. The quantitative estimate of drug-likeness (QED) is 0.681. The summed E-state index contributed by atoms with van der Waals surface area (Å²) in [7, 11) is 0. The van der Waals surface area contributed by atoms with Crippen LogP contribution in [-0.2, 0) is 22.6 Å². The number of fused-ring (bicyclic) bond motifs is 1. The number of ether oxygens (including phenoxy) is 1. The van der Waals surface area contributed by atoms with E-state index in [0.717, 1.165) is 16.5 Å². The lowest BCUT2D eigenvalue weighted by Gasteiger charge is -2.05. The van der Waals surface area contributed by atoms with E-state index in [1.54, 1.807) is 0 Å². The highest BCUT2D eigenvalue weighted by Gasteiger charge is 2.05. The summed E-state index contributed by atoms with van der Waals surface area (Å²) in [4.78, 5) is 12.0. The number of Topliss-reactive ketones (excluding diaryl/α,β-unsaturated/α-hetero) is 1. The van der Waals surface area contributed by atoms with Crippen LogP contribution in [0.15, 0.2) is 72.8 Å². The molecule has 0 aliphatic heterocycles. The maximum absolute atomic E-state index is 12.0. The highest BCUT2D eigenvalue weighted by Crippen LogP contribution is 2.16. The molecule has 0 N–H and O–H groups in total. The molecule has 0 fully saturated rings. The van der Waals surface area contributed by atoms with Crippen LogP contribution in [0.2, 0.25) is 0 Å². The van der Waals surface area contributed by atoms with Gasteiger partial charge in [-0.1, -0.05) is 72.8 Å². The molecule has 0 spiro atoms. The second kappa shape index (κ2) is 7.01. The van der Waals surface area contributed by atoms with Crippen LogP contribution in [0, 0.1) is 0 Å². The largest absolute Gasteiger partial charge is 0.369 e. The first kappa shape index (κ1) is 14.5. The Labute approximate surface area is 130 Å². The SMILES string of the molecule is O=C(COCc1ccccc1)Cc1ccc2ccccc2c1. The van der Waals surface area contributed by atoms with Crippen molar-refractivity contribution < 1.29 is 9.53 Å². The Morgan fingerprint density at radius 3 is 2.32 bits per heavy atom. The standard InChI is InChI=1S/C20H18O2/c21-20(15-22-14-16-6-2-1-3-7-16)13-17-10-11-18-8-4-5-9-19(18)12-17/h1-12H,13-15H2. The van der Waals surface area contributed by atoms with Crippen molar-refractivity contribution >= 4 is 16.6 Å². The van der Waals surface area contributed by atoms with Crippen molar-refractivity contribution in [2.24, 2.45) is 0 Å². The second-order valence-electron chi connectivity index (χ2n) is 5.38. The lowest BCUT2D eigenvalue weighted by atomic mass is 10.0. The Morgan fingerprint density at radius 1 is 0.773 bits per heavy atom. The number of carbonyl (C=O) groups excluding carboxylic acids is 1. The maximum Gasteiger partial charge on any atom is 0.162 e. The molecule has 0 bridgehead atoms. The van der Waals surface area contributed by atoms with Crippen molar-refractivity contribution in [1.82, 2.24) is 0 Å². The molecule has 0 unspecified atom stereocenters. The van der Waals surface area contributed by atoms with Gasteiger partial charge in [0.25, 0.3) is 0 Å². The molecule has 0 heterocycles. The van der Waals surface area contributed by atoms with Gasteiger partial charge in [0.2, 0.25) is 0 Å². The van der Waals surface area contributed by atoms with E-state index in [4.69, 9.17) is 4.74 Å². The third kappa shape index (κ3) is 3.80. The van der Waals surface area contributed by atoms with Crippen LogP contribution >= 0.6 is 0 Å². The summed E-state index contributed by atoms with van der Waals surface area (Å²) in [5.74, 6) is 0.103. The molecule has 0 amide bonds. The summed E-state index contributed by atoms with van der Waals surface area (Å²) in [6.07, 6.45) is 0.416. The molecule has 3 aromatic carbocycles. The van der Waals surface area contributed by atoms with Gasteiger partial charge in [0.05, 0.1) is 6.61 Å². The molecule has 2 heteroatoms. The second-order valence-corrected chi connectivity index (χ2v) is 5.38. The minimum atomic E-state index is 0.103. The Balaban J connectivity index is 1.54. The zero-order valence-corrected chi connectivity index (χ0v) is 12.4.